The van der Waals surface area contributed by atoms with E-state index in [0.717, 1.165) is 4.90 Å². The first-order valence-corrected chi connectivity index (χ1v) is 6.08. The second-order valence-electron chi connectivity index (χ2n) is 3.23. The van der Waals surface area contributed by atoms with Crippen molar-refractivity contribution in [1.29, 1.82) is 0 Å². The number of hydrogen-bond acceptors (Lipinski definition) is 2. The average molecular weight is 232 g/mol. The van der Waals surface area contributed by atoms with Crippen molar-refractivity contribution < 1.29 is 8.95 Å². The predicted molar refractivity (Wildman–Crippen MR) is 64.1 cm³/mol. The van der Waals surface area contributed by atoms with E-state index < -0.39 is 10.8 Å². The quantitative estimate of drug-likeness (QED) is 0.813. The number of para-hydroxylation sites is 1. The Labute approximate surface area is 97.3 Å². The van der Waals surface area contributed by atoms with E-state index in [1.165, 1.54) is 0 Å². The molecule has 0 fully saturated rings. The summed E-state index contributed by atoms with van der Waals surface area (Å²) >= 11 is 0. The summed E-state index contributed by atoms with van der Waals surface area (Å²) in [6.45, 7) is 0. The Morgan fingerprint density at radius 2 is 1.56 bits per heavy atom. The molecule has 0 spiro atoms. The standard InChI is InChI=1S/C13H12O2S/c1-15-12-9-5-6-10-13(12)16(14)11-7-3-2-4-8-11/h2-10H,1H3/t16-/m1/s1. The van der Waals surface area contributed by atoms with E-state index in [2.05, 4.69) is 0 Å². The minimum Gasteiger partial charge on any atom is -0.495 e. The van der Waals surface area contributed by atoms with Gasteiger partial charge in [0.15, 0.2) is 0 Å². The van der Waals surface area contributed by atoms with Gasteiger partial charge in [-0.2, -0.15) is 0 Å². The highest BCUT2D eigenvalue weighted by Crippen LogP contribution is 2.25. The van der Waals surface area contributed by atoms with Gasteiger partial charge < -0.3 is 4.74 Å². The molecule has 3 heteroatoms. The first-order valence-electron chi connectivity index (χ1n) is 4.93. The second kappa shape index (κ2) is 4.94. The molecule has 0 aliphatic heterocycles. The number of benzene rings is 2. The molecule has 0 saturated heterocycles. The highest BCUT2D eigenvalue weighted by atomic mass is 32.2. The Hall–Kier alpha value is -1.61. The van der Waals surface area contributed by atoms with Crippen molar-refractivity contribution in [2.75, 3.05) is 7.11 Å². The van der Waals surface area contributed by atoms with E-state index in [1.54, 1.807) is 7.11 Å². The summed E-state index contributed by atoms with van der Waals surface area (Å²) in [4.78, 5) is 1.49. The summed E-state index contributed by atoms with van der Waals surface area (Å²) < 4.78 is 17.5. The normalized spacial score (nSPS) is 12.1. The van der Waals surface area contributed by atoms with Gasteiger partial charge in [0, 0.05) is 4.90 Å². The molecule has 0 N–H and O–H groups in total. The van der Waals surface area contributed by atoms with E-state index in [9.17, 15) is 4.21 Å². The third-order valence-corrected chi connectivity index (χ3v) is 3.66. The smallest absolute Gasteiger partial charge is 0.135 e. The summed E-state index contributed by atoms with van der Waals surface area (Å²) in [6.07, 6.45) is 0. The molecular formula is C13H12O2S. The molecule has 0 aliphatic rings. The Morgan fingerprint density at radius 3 is 2.25 bits per heavy atom. The van der Waals surface area contributed by atoms with Gasteiger partial charge in [-0.15, -0.1) is 0 Å². The molecule has 1 atom stereocenters. The van der Waals surface area contributed by atoms with Crippen molar-refractivity contribution in [2.45, 2.75) is 9.79 Å². The van der Waals surface area contributed by atoms with E-state index in [1.807, 2.05) is 54.6 Å². The van der Waals surface area contributed by atoms with Crippen molar-refractivity contribution in [3.63, 3.8) is 0 Å². The van der Waals surface area contributed by atoms with Crippen LogP contribution in [0.5, 0.6) is 5.75 Å². The molecule has 0 amide bonds. The highest BCUT2D eigenvalue weighted by Gasteiger charge is 2.11. The molecule has 2 aromatic rings. The molecule has 2 aromatic carbocycles. The molecule has 0 heterocycles. The molecule has 0 saturated carbocycles. The zero-order valence-corrected chi connectivity index (χ0v) is 9.74. The number of methoxy groups -OCH3 is 1. The fourth-order valence-electron chi connectivity index (χ4n) is 1.44. The zero-order valence-electron chi connectivity index (χ0n) is 8.92. The third-order valence-electron chi connectivity index (χ3n) is 2.23. The van der Waals surface area contributed by atoms with Crippen molar-refractivity contribution >= 4 is 10.8 Å². The van der Waals surface area contributed by atoms with Crippen LogP contribution in [-0.2, 0) is 10.8 Å². The lowest BCUT2D eigenvalue weighted by Crippen LogP contribution is -1.96. The lowest BCUT2D eigenvalue weighted by Gasteiger charge is -2.07. The van der Waals surface area contributed by atoms with Gasteiger partial charge in [0.05, 0.1) is 22.8 Å². The Bertz CT molecular complexity index is 494. The minimum atomic E-state index is -1.18. The van der Waals surface area contributed by atoms with Gasteiger partial charge in [0.2, 0.25) is 0 Å². The maximum atomic E-state index is 12.3. The van der Waals surface area contributed by atoms with E-state index in [-0.39, 0.29) is 0 Å². The number of ether oxygens (including phenoxy) is 1. The summed E-state index contributed by atoms with van der Waals surface area (Å²) in [6, 6.07) is 16.7. The fourth-order valence-corrected chi connectivity index (χ4v) is 2.64. The summed E-state index contributed by atoms with van der Waals surface area (Å²) in [5.74, 6) is 0.657. The van der Waals surface area contributed by atoms with Crippen LogP contribution in [-0.4, -0.2) is 11.3 Å². The number of hydrogen-bond donors (Lipinski definition) is 0. The molecule has 0 bridgehead atoms. The molecule has 0 radical (unpaired) electrons. The maximum Gasteiger partial charge on any atom is 0.135 e. The molecule has 16 heavy (non-hydrogen) atoms. The molecule has 2 nitrogen and oxygen atoms in total. The lowest BCUT2D eigenvalue weighted by molar-refractivity contribution is 0.404. The van der Waals surface area contributed by atoms with E-state index in [4.69, 9.17) is 4.74 Å². The van der Waals surface area contributed by atoms with Crippen LogP contribution in [0.1, 0.15) is 0 Å². The van der Waals surface area contributed by atoms with Crippen LogP contribution in [0.25, 0.3) is 0 Å². The van der Waals surface area contributed by atoms with Gasteiger partial charge in [-0.1, -0.05) is 30.3 Å². The Balaban J connectivity index is 2.42. The third kappa shape index (κ3) is 2.14. The van der Waals surface area contributed by atoms with Gasteiger partial charge in [-0.05, 0) is 24.3 Å². The fraction of sp³-hybridized carbons (Fsp3) is 0.0769. The lowest BCUT2D eigenvalue weighted by atomic mass is 10.3. The molecular weight excluding hydrogens is 220 g/mol. The molecule has 0 aliphatic carbocycles. The van der Waals surface area contributed by atoms with Crippen LogP contribution in [0.4, 0.5) is 0 Å². The average Bonchev–Trinajstić information content (AvgIpc) is 2.39. The summed E-state index contributed by atoms with van der Waals surface area (Å²) in [7, 11) is 0.401. The number of rotatable bonds is 3. The summed E-state index contributed by atoms with van der Waals surface area (Å²) in [5, 5.41) is 0. The largest absolute Gasteiger partial charge is 0.495 e. The molecule has 0 unspecified atom stereocenters. The van der Waals surface area contributed by atoms with Crippen LogP contribution in [0.2, 0.25) is 0 Å². The van der Waals surface area contributed by atoms with Crippen LogP contribution in [0.3, 0.4) is 0 Å². The minimum absolute atomic E-state index is 0.657. The van der Waals surface area contributed by atoms with Crippen LogP contribution >= 0.6 is 0 Å². The van der Waals surface area contributed by atoms with Crippen molar-refractivity contribution in [1.82, 2.24) is 0 Å². The molecule has 82 valence electrons. The SMILES string of the molecule is COc1ccccc1[S@](=O)c1ccccc1. The highest BCUT2D eigenvalue weighted by molar-refractivity contribution is 7.85. The molecule has 0 aromatic heterocycles. The van der Waals surface area contributed by atoms with E-state index in [0.29, 0.717) is 10.6 Å². The van der Waals surface area contributed by atoms with Crippen LogP contribution in [0, 0.1) is 0 Å². The van der Waals surface area contributed by atoms with Gasteiger partial charge in [-0.3, -0.25) is 0 Å². The van der Waals surface area contributed by atoms with Crippen LogP contribution < -0.4 is 4.74 Å². The van der Waals surface area contributed by atoms with Gasteiger partial charge in [0.1, 0.15) is 5.75 Å². The topological polar surface area (TPSA) is 26.3 Å². The predicted octanol–water partition coefficient (Wildman–Crippen LogP) is 2.86. The van der Waals surface area contributed by atoms with Crippen molar-refractivity contribution in [3.05, 3.63) is 54.6 Å². The van der Waals surface area contributed by atoms with Crippen LogP contribution in [0.15, 0.2) is 64.4 Å². The van der Waals surface area contributed by atoms with Crippen molar-refractivity contribution in [3.8, 4) is 5.75 Å². The maximum absolute atomic E-state index is 12.3. The van der Waals surface area contributed by atoms with Gasteiger partial charge in [-0.25, -0.2) is 4.21 Å². The molecule has 2 rings (SSSR count). The second-order valence-corrected chi connectivity index (χ2v) is 4.68. The van der Waals surface area contributed by atoms with Crippen molar-refractivity contribution in [2.24, 2.45) is 0 Å². The Morgan fingerprint density at radius 1 is 0.938 bits per heavy atom. The first kappa shape index (κ1) is 10.9. The first-order chi connectivity index (χ1) is 7.83. The van der Waals surface area contributed by atoms with E-state index >= 15 is 0 Å². The van der Waals surface area contributed by atoms with Gasteiger partial charge >= 0.3 is 0 Å². The zero-order chi connectivity index (χ0) is 11.4. The van der Waals surface area contributed by atoms with Gasteiger partial charge in [0.25, 0.3) is 0 Å². The Kier molecular flexibility index (Phi) is 3.37. The summed E-state index contributed by atoms with van der Waals surface area (Å²) in [5.41, 5.74) is 0. The monoisotopic (exact) mass is 232 g/mol.